The number of hydrogen-bond acceptors (Lipinski definition) is 7. The molecule has 1 aliphatic carbocycles. The highest BCUT2D eigenvalue weighted by atomic mass is 16.5. The number of methoxy groups -OCH3 is 2. The first-order valence-corrected chi connectivity index (χ1v) is 11.7. The predicted molar refractivity (Wildman–Crippen MR) is 139 cm³/mol. The van der Waals surface area contributed by atoms with E-state index in [-0.39, 0.29) is 16.9 Å². The van der Waals surface area contributed by atoms with Gasteiger partial charge in [0.2, 0.25) is 11.6 Å². The SMILES string of the molecule is COc1ccc2c(c1)C(C)(C)C(/C=C1\C(=O)C(=O)C(/C=C3\Nc4ccc(OC)cc4C3(C)C)=C1O)=N2. The first-order valence-electron chi connectivity index (χ1n) is 11.7. The van der Waals surface area contributed by atoms with E-state index in [2.05, 4.69) is 10.3 Å². The highest BCUT2D eigenvalue weighted by molar-refractivity contribution is 6.54. The Hall–Kier alpha value is -4.13. The van der Waals surface area contributed by atoms with Crippen LogP contribution >= 0.6 is 0 Å². The molecule has 2 N–H and O–H groups in total. The number of aliphatic hydroxyl groups excluding tert-OH is 1. The molecule has 184 valence electrons. The van der Waals surface area contributed by atoms with E-state index in [0.717, 1.165) is 28.3 Å². The zero-order valence-electron chi connectivity index (χ0n) is 21.1. The van der Waals surface area contributed by atoms with Gasteiger partial charge in [0.05, 0.1) is 36.8 Å². The summed E-state index contributed by atoms with van der Waals surface area (Å²) < 4.78 is 10.7. The number of ether oxygens (including phenoxy) is 2. The number of carbonyl (C=O) groups is 2. The Bertz CT molecular complexity index is 1470. The summed E-state index contributed by atoms with van der Waals surface area (Å²) in [7, 11) is 3.21. The molecule has 3 aliphatic rings. The van der Waals surface area contributed by atoms with Crippen LogP contribution < -0.4 is 14.8 Å². The maximum absolute atomic E-state index is 13.0. The lowest BCUT2D eigenvalue weighted by molar-refractivity contribution is -0.131. The van der Waals surface area contributed by atoms with Crippen LogP contribution in [0.3, 0.4) is 0 Å². The second kappa shape index (κ2) is 7.95. The van der Waals surface area contributed by atoms with Crippen LogP contribution in [0.5, 0.6) is 11.5 Å². The quantitative estimate of drug-likeness (QED) is 0.455. The number of ketones is 2. The van der Waals surface area contributed by atoms with E-state index in [1.807, 2.05) is 64.1 Å². The van der Waals surface area contributed by atoms with Gasteiger partial charge in [0, 0.05) is 22.2 Å². The number of fused-ring (bicyclic) bond motifs is 2. The molecular weight excluding hydrogens is 456 g/mol. The van der Waals surface area contributed by atoms with Crippen molar-refractivity contribution in [3.63, 3.8) is 0 Å². The average Bonchev–Trinajstić information content (AvgIpc) is 3.34. The van der Waals surface area contributed by atoms with Crippen LogP contribution in [-0.4, -0.2) is 36.6 Å². The lowest BCUT2D eigenvalue weighted by Crippen LogP contribution is -2.25. The number of hydrogen-bond donors (Lipinski definition) is 2. The molecule has 2 aromatic rings. The normalized spacial score (nSPS) is 21.6. The number of rotatable bonds is 4. The Labute approximate surface area is 209 Å². The van der Waals surface area contributed by atoms with Crippen molar-refractivity contribution in [3.05, 3.63) is 82.3 Å². The van der Waals surface area contributed by atoms with E-state index < -0.39 is 22.4 Å². The molecule has 0 amide bonds. The van der Waals surface area contributed by atoms with E-state index in [9.17, 15) is 14.7 Å². The lowest BCUT2D eigenvalue weighted by atomic mass is 9.80. The fourth-order valence-corrected chi connectivity index (χ4v) is 4.95. The standard InChI is InChI=1S/C29H28N2O5/c1-28(2)19-11-15(35-5)7-9-21(19)30-23(28)13-17-25(32)18(27(34)26(17)33)14-24-29(3,4)20-12-16(36-6)8-10-22(20)31-24/h7-14,30,32H,1-6H3/b18-14-,23-13-. The molecule has 0 radical (unpaired) electrons. The number of aliphatic hydroxyl groups is 1. The smallest absolute Gasteiger partial charge is 0.237 e. The van der Waals surface area contributed by atoms with Crippen molar-refractivity contribution < 1.29 is 24.2 Å². The first-order chi connectivity index (χ1) is 17.0. The van der Waals surface area contributed by atoms with Crippen molar-refractivity contribution in [1.82, 2.24) is 0 Å². The molecular formula is C29H28N2O5. The second-order valence-electron chi connectivity index (χ2n) is 10.2. The van der Waals surface area contributed by atoms with Gasteiger partial charge >= 0.3 is 0 Å². The van der Waals surface area contributed by atoms with Gasteiger partial charge in [0.1, 0.15) is 17.3 Å². The third-order valence-corrected chi connectivity index (χ3v) is 7.38. The number of benzene rings is 2. The van der Waals surface area contributed by atoms with Gasteiger partial charge in [0.15, 0.2) is 0 Å². The monoisotopic (exact) mass is 484 g/mol. The van der Waals surface area contributed by atoms with Crippen molar-refractivity contribution in [3.8, 4) is 11.5 Å². The van der Waals surface area contributed by atoms with Crippen molar-refractivity contribution in [2.45, 2.75) is 38.5 Å². The highest BCUT2D eigenvalue weighted by Crippen LogP contribution is 2.46. The molecule has 7 nitrogen and oxygen atoms in total. The summed E-state index contributed by atoms with van der Waals surface area (Å²) in [5, 5.41) is 14.4. The molecule has 7 heteroatoms. The summed E-state index contributed by atoms with van der Waals surface area (Å²) in [6, 6.07) is 11.3. The third kappa shape index (κ3) is 3.38. The molecule has 36 heavy (non-hydrogen) atoms. The van der Waals surface area contributed by atoms with Gasteiger partial charge in [-0.15, -0.1) is 0 Å². The van der Waals surface area contributed by atoms with Gasteiger partial charge in [0.25, 0.3) is 0 Å². The molecule has 2 aromatic carbocycles. The summed E-state index contributed by atoms with van der Waals surface area (Å²) in [6.07, 6.45) is 3.10. The van der Waals surface area contributed by atoms with E-state index >= 15 is 0 Å². The Morgan fingerprint density at radius 1 is 0.861 bits per heavy atom. The number of allylic oxidation sites excluding steroid dienone is 5. The van der Waals surface area contributed by atoms with Crippen LogP contribution in [0.15, 0.2) is 76.1 Å². The van der Waals surface area contributed by atoms with E-state index in [4.69, 9.17) is 9.47 Å². The summed E-state index contributed by atoms with van der Waals surface area (Å²) in [4.78, 5) is 30.6. The second-order valence-corrected chi connectivity index (χ2v) is 10.2. The predicted octanol–water partition coefficient (Wildman–Crippen LogP) is 5.25. The molecule has 5 rings (SSSR count). The summed E-state index contributed by atoms with van der Waals surface area (Å²) in [5.41, 5.74) is 3.76. The van der Waals surface area contributed by atoms with Gasteiger partial charge in [-0.2, -0.15) is 0 Å². The van der Waals surface area contributed by atoms with E-state index in [0.29, 0.717) is 17.2 Å². The zero-order chi connectivity index (χ0) is 26.0. The maximum atomic E-state index is 13.0. The van der Waals surface area contributed by atoms with Crippen LogP contribution in [0.25, 0.3) is 0 Å². The number of nitrogens with one attached hydrogen (secondary N) is 1. The minimum atomic E-state index is -0.749. The number of nitrogens with zero attached hydrogens (tertiary/aromatic N) is 1. The van der Waals surface area contributed by atoms with Crippen LogP contribution in [0, 0.1) is 0 Å². The van der Waals surface area contributed by atoms with Gasteiger partial charge < -0.3 is 19.9 Å². The number of carbonyl (C=O) groups excluding carboxylic acids is 2. The Morgan fingerprint density at radius 3 is 2.17 bits per heavy atom. The van der Waals surface area contributed by atoms with Gasteiger partial charge in [-0.05, 0) is 59.7 Å². The molecule has 0 unspecified atom stereocenters. The van der Waals surface area contributed by atoms with Crippen molar-refractivity contribution >= 4 is 28.7 Å². The minimum absolute atomic E-state index is 0.0304. The fourth-order valence-electron chi connectivity index (χ4n) is 4.95. The summed E-state index contributed by atoms with van der Waals surface area (Å²) in [5.74, 6) is -0.395. The van der Waals surface area contributed by atoms with E-state index in [1.54, 1.807) is 20.3 Å². The molecule has 0 fully saturated rings. The Morgan fingerprint density at radius 2 is 1.50 bits per heavy atom. The lowest BCUT2D eigenvalue weighted by Gasteiger charge is -2.21. The zero-order valence-corrected chi connectivity index (χ0v) is 21.1. The van der Waals surface area contributed by atoms with Gasteiger partial charge in [-0.1, -0.05) is 27.7 Å². The van der Waals surface area contributed by atoms with Crippen LogP contribution in [0.2, 0.25) is 0 Å². The van der Waals surface area contributed by atoms with Crippen LogP contribution in [-0.2, 0) is 20.4 Å². The molecule has 2 aliphatic heterocycles. The molecule has 0 atom stereocenters. The average molecular weight is 485 g/mol. The van der Waals surface area contributed by atoms with Crippen molar-refractivity contribution in [2.24, 2.45) is 4.99 Å². The summed E-state index contributed by atoms with van der Waals surface area (Å²) in [6.45, 7) is 7.98. The van der Waals surface area contributed by atoms with Gasteiger partial charge in [-0.25, -0.2) is 0 Å². The Kier molecular flexibility index (Phi) is 5.21. The third-order valence-electron chi connectivity index (χ3n) is 7.38. The molecule has 0 bridgehead atoms. The van der Waals surface area contributed by atoms with Crippen molar-refractivity contribution in [2.75, 3.05) is 19.5 Å². The molecule has 2 heterocycles. The molecule has 0 spiro atoms. The van der Waals surface area contributed by atoms with Crippen LogP contribution in [0.1, 0.15) is 38.8 Å². The number of anilines is 1. The number of Topliss-reactive ketones (excluding diaryl/α,β-unsaturated/α-hetero) is 2. The van der Waals surface area contributed by atoms with Crippen LogP contribution in [0.4, 0.5) is 11.4 Å². The highest BCUT2D eigenvalue weighted by Gasteiger charge is 2.41. The van der Waals surface area contributed by atoms with E-state index in [1.165, 1.54) is 6.08 Å². The molecule has 0 saturated carbocycles. The topological polar surface area (TPSA) is 97.2 Å². The van der Waals surface area contributed by atoms with Crippen molar-refractivity contribution in [1.29, 1.82) is 0 Å². The maximum Gasteiger partial charge on any atom is 0.237 e. The van der Waals surface area contributed by atoms with Gasteiger partial charge in [-0.3, -0.25) is 14.6 Å². The largest absolute Gasteiger partial charge is 0.506 e. The number of aliphatic imine (C=N–C) groups is 1. The minimum Gasteiger partial charge on any atom is -0.506 e. The Balaban J connectivity index is 1.54. The fraction of sp³-hybridized carbons (Fsp3) is 0.276. The molecule has 0 saturated heterocycles. The summed E-state index contributed by atoms with van der Waals surface area (Å²) >= 11 is 0. The first kappa shape index (κ1) is 23.6. The molecule has 0 aromatic heterocycles.